The van der Waals surface area contributed by atoms with Gasteiger partial charge in [0.25, 0.3) is 0 Å². The number of hydrogen-bond donors (Lipinski definition) is 2. The Labute approximate surface area is 117 Å². The summed E-state index contributed by atoms with van der Waals surface area (Å²) >= 11 is 0. The molecule has 0 aromatic heterocycles. The molecule has 108 valence electrons. The van der Waals surface area contributed by atoms with Gasteiger partial charge in [0, 0.05) is 6.04 Å². The first kappa shape index (κ1) is 16.0. The fourth-order valence-corrected chi connectivity index (χ4v) is 2.19. The first-order chi connectivity index (χ1) is 9.10. The van der Waals surface area contributed by atoms with Crippen LogP contribution in [0.25, 0.3) is 0 Å². The summed E-state index contributed by atoms with van der Waals surface area (Å²) in [5.74, 6) is 1.16. The number of ether oxygens (including phenoxy) is 1. The van der Waals surface area contributed by atoms with Crippen LogP contribution in [0.15, 0.2) is 24.3 Å². The van der Waals surface area contributed by atoms with Crippen molar-refractivity contribution in [2.75, 3.05) is 13.7 Å². The van der Waals surface area contributed by atoms with Gasteiger partial charge in [-0.05, 0) is 36.6 Å². The van der Waals surface area contributed by atoms with Gasteiger partial charge in [-0.2, -0.15) is 0 Å². The SMILES string of the molecule is CCCCNC(C(C)C)C(O)c1cccc(OC)c1. The fourth-order valence-electron chi connectivity index (χ4n) is 2.19. The number of hydrogen-bond acceptors (Lipinski definition) is 3. The number of unbranched alkanes of at least 4 members (excludes halogenated alkanes) is 1. The van der Waals surface area contributed by atoms with E-state index >= 15 is 0 Å². The molecule has 2 N–H and O–H groups in total. The molecule has 2 unspecified atom stereocenters. The van der Waals surface area contributed by atoms with Crippen molar-refractivity contribution in [3.8, 4) is 5.75 Å². The van der Waals surface area contributed by atoms with Gasteiger partial charge in [-0.15, -0.1) is 0 Å². The molecule has 0 saturated heterocycles. The fraction of sp³-hybridized carbons (Fsp3) is 0.625. The molecule has 0 bridgehead atoms. The molecule has 2 atom stereocenters. The monoisotopic (exact) mass is 265 g/mol. The second-order valence-corrected chi connectivity index (χ2v) is 5.30. The van der Waals surface area contributed by atoms with Gasteiger partial charge < -0.3 is 15.2 Å². The lowest BCUT2D eigenvalue weighted by atomic mass is 9.93. The van der Waals surface area contributed by atoms with Crippen LogP contribution < -0.4 is 10.1 Å². The lowest BCUT2D eigenvalue weighted by Gasteiger charge is -2.28. The maximum absolute atomic E-state index is 10.6. The van der Waals surface area contributed by atoms with E-state index in [1.165, 1.54) is 0 Å². The Morgan fingerprint density at radius 3 is 2.63 bits per heavy atom. The Bertz CT molecular complexity index is 366. The third-order valence-corrected chi connectivity index (χ3v) is 3.40. The zero-order valence-electron chi connectivity index (χ0n) is 12.5. The molecule has 0 heterocycles. The van der Waals surface area contributed by atoms with E-state index < -0.39 is 6.10 Å². The van der Waals surface area contributed by atoms with Gasteiger partial charge in [-0.25, -0.2) is 0 Å². The Hall–Kier alpha value is -1.06. The first-order valence-electron chi connectivity index (χ1n) is 7.15. The molecule has 1 aromatic carbocycles. The Morgan fingerprint density at radius 2 is 2.05 bits per heavy atom. The van der Waals surface area contributed by atoms with Gasteiger partial charge in [0.2, 0.25) is 0 Å². The van der Waals surface area contributed by atoms with Crippen molar-refractivity contribution >= 4 is 0 Å². The summed E-state index contributed by atoms with van der Waals surface area (Å²) in [7, 11) is 1.64. The van der Waals surface area contributed by atoms with Crippen molar-refractivity contribution in [3.05, 3.63) is 29.8 Å². The normalized spacial score (nSPS) is 14.4. The minimum Gasteiger partial charge on any atom is -0.497 e. The van der Waals surface area contributed by atoms with E-state index in [4.69, 9.17) is 4.74 Å². The van der Waals surface area contributed by atoms with E-state index in [1.807, 2.05) is 24.3 Å². The topological polar surface area (TPSA) is 41.5 Å². The van der Waals surface area contributed by atoms with E-state index in [-0.39, 0.29) is 6.04 Å². The van der Waals surface area contributed by atoms with Gasteiger partial charge >= 0.3 is 0 Å². The zero-order chi connectivity index (χ0) is 14.3. The molecule has 0 radical (unpaired) electrons. The highest BCUT2D eigenvalue weighted by molar-refractivity contribution is 5.30. The third-order valence-electron chi connectivity index (χ3n) is 3.40. The number of benzene rings is 1. The number of aliphatic hydroxyl groups excluding tert-OH is 1. The molecule has 0 fully saturated rings. The van der Waals surface area contributed by atoms with Crippen LogP contribution in [0, 0.1) is 5.92 Å². The number of nitrogens with one attached hydrogen (secondary N) is 1. The van der Waals surface area contributed by atoms with Crippen LogP contribution in [-0.4, -0.2) is 24.8 Å². The molecule has 3 heteroatoms. The molecule has 0 aliphatic carbocycles. The first-order valence-corrected chi connectivity index (χ1v) is 7.15. The van der Waals surface area contributed by atoms with Crippen molar-refractivity contribution in [1.29, 1.82) is 0 Å². The zero-order valence-corrected chi connectivity index (χ0v) is 12.5. The molecule has 1 aromatic rings. The van der Waals surface area contributed by atoms with Crippen LogP contribution in [0.4, 0.5) is 0 Å². The lowest BCUT2D eigenvalue weighted by molar-refractivity contribution is 0.105. The molecule has 0 spiro atoms. The number of aliphatic hydroxyl groups is 1. The molecule has 1 rings (SSSR count). The predicted octanol–water partition coefficient (Wildman–Crippen LogP) is 3.14. The standard InChI is InChI=1S/C16H27NO2/c1-5-6-10-17-15(12(2)3)16(18)13-8-7-9-14(11-13)19-4/h7-9,11-12,15-18H,5-6,10H2,1-4H3. The van der Waals surface area contributed by atoms with Crippen LogP contribution in [0.5, 0.6) is 5.75 Å². The Kier molecular flexibility index (Phi) is 6.89. The highest BCUT2D eigenvalue weighted by Crippen LogP contribution is 2.25. The van der Waals surface area contributed by atoms with Crippen molar-refractivity contribution in [1.82, 2.24) is 5.32 Å². The molecular formula is C16H27NO2. The Balaban J connectivity index is 2.76. The summed E-state index contributed by atoms with van der Waals surface area (Å²) in [5, 5.41) is 14.0. The minimum absolute atomic E-state index is 0.0682. The van der Waals surface area contributed by atoms with Crippen molar-refractivity contribution in [2.45, 2.75) is 45.8 Å². The highest BCUT2D eigenvalue weighted by Gasteiger charge is 2.23. The van der Waals surface area contributed by atoms with Gasteiger partial charge in [0.05, 0.1) is 13.2 Å². The molecule has 0 aliphatic rings. The van der Waals surface area contributed by atoms with Crippen LogP contribution in [0.1, 0.15) is 45.3 Å². The van der Waals surface area contributed by atoms with E-state index in [2.05, 4.69) is 26.1 Å². The summed E-state index contributed by atoms with van der Waals surface area (Å²) in [5.41, 5.74) is 0.905. The summed E-state index contributed by atoms with van der Waals surface area (Å²) < 4.78 is 5.21. The molecule has 19 heavy (non-hydrogen) atoms. The van der Waals surface area contributed by atoms with Gasteiger partial charge in [-0.1, -0.05) is 39.3 Å². The summed E-state index contributed by atoms with van der Waals surface area (Å²) in [4.78, 5) is 0. The maximum atomic E-state index is 10.6. The molecule has 0 aliphatic heterocycles. The molecule has 3 nitrogen and oxygen atoms in total. The van der Waals surface area contributed by atoms with E-state index in [1.54, 1.807) is 7.11 Å². The van der Waals surface area contributed by atoms with Crippen molar-refractivity contribution in [2.24, 2.45) is 5.92 Å². The van der Waals surface area contributed by atoms with E-state index in [0.717, 1.165) is 30.7 Å². The Morgan fingerprint density at radius 1 is 1.32 bits per heavy atom. The number of methoxy groups -OCH3 is 1. The summed E-state index contributed by atoms with van der Waals surface area (Å²) in [6.45, 7) is 7.38. The van der Waals surface area contributed by atoms with E-state index in [9.17, 15) is 5.11 Å². The van der Waals surface area contributed by atoms with Gasteiger partial charge in [0.15, 0.2) is 0 Å². The van der Waals surface area contributed by atoms with Crippen LogP contribution in [0.3, 0.4) is 0 Å². The summed E-state index contributed by atoms with van der Waals surface area (Å²) in [6, 6.07) is 7.73. The molecular weight excluding hydrogens is 238 g/mol. The quantitative estimate of drug-likeness (QED) is 0.710. The van der Waals surface area contributed by atoms with Gasteiger partial charge in [0.1, 0.15) is 5.75 Å². The average molecular weight is 265 g/mol. The molecule has 0 amide bonds. The second-order valence-electron chi connectivity index (χ2n) is 5.30. The lowest BCUT2D eigenvalue weighted by Crippen LogP contribution is -2.39. The van der Waals surface area contributed by atoms with Gasteiger partial charge in [-0.3, -0.25) is 0 Å². The molecule has 0 saturated carbocycles. The average Bonchev–Trinajstić information content (AvgIpc) is 2.42. The third kappa shape index (κ3) is 4.84. The smallest absolute Gasteiger partial charge is 0.119 e. The van der Waals surface area contributed by atoms with Crippen molar-refractivity contribution in [3.63, 3.8) is 0 Å². The van der Waals surface area contributed by atoms with E-state index in [0.29, 0.717) is 5.92 Å². The maximum Gasteiger partial charge on any atom is 0.119 e. The minimum atomic E-state index is -0.507. The summed E-state index contributed by atoms with van der Waals surface area (Å²) in [6.07, 6.45) is 1.79. The van der Waals surface area contributed by atoms with Crippen LogP contribution in [-0.2, 0) is 0 Å². The number of rotatable bonds is 8. The largest absolute Gasteiger partial charge is 0.497 e. The van der Waals surface area contributed by atoms with Crippen molar-refractivity contribution < 1.29 is 9.84 Å². The van der Waals surface area contributed by atoms with Crippen LogP contribution >= 0.6 is 0 Å². The van der Waals surface area contributed by atoms with Crippen LogP contribution in [0.2, 0.25) is 0 Å². The predicted molar refractivity (Wildman–Crippen MR) is 79.5 cm³/mol. The highest BCUT2D eigenvalue weighted by atomic mass is 16.5. The second kappa shape index (κ2) is 8.18.